The maximum atomic E-state index is 6.12. The number of aromatic nitrogens is 2. The highest BCUT2D eigenvalue weighted by Gasteiger charge is 2.36. The summed E-state index contributed by atoms with van der Waals surface area (Å²) in [5.74, 6) is 0. The number of fused-ring (bicyclic) bond motifs is 3. The number of hydrogen-bond donors (Lipinski definition) is 0. The molecule has 0 spiro atoms. The first-order valence-corrected chi connectivity index (χ1v) is 7.12. The van der Waals surface area contributed by atoms with E-state index in [9.17, 15) is 0 Å². The molecule has 0 bridgehead atoms. The van der Waals surface area contributed by atoms with Crippen LogP contribution in [0, 0.1) is 0 Å². The lowest BCUT2D eigenvalue weighted by molar-refractivity contribution is -0.0251. The molecule has 4 heteroatoms. The Morgan fingerprint density at radius 1 is 1.26 bits per heavy atom. The smallest absolute Gasteiger partial charge is 0.115 e. The van der Waals surface area contributed by atoms with Crippen LogP contribution < -0.4 is 0 Å². The highest BCUT2D eigenvalue weighted by molar-refractivity contribution is 5.82. The fraction of sp³-hybridized carbons (Fsp3) is 0.533. The van der Waals surface area contributed by atoms with Gasteiger partial charge in [-0.2, -0.15) is 5.10 Å². The molecule has 1 fully saturated rings. The van der Waals surface area contributed by atoms with Crippen LogP contribution in [0.15, 0.2) is 24.3 Å². The Labute approximate surface area is 113 Å². The Bertz CT molecular complexity index is 606. The van der Waals surface area contributed by atoms with Crippen LogP contribution in [0.3, 0.4) is 0 Å². The van der Waals surface area contributed by atoms with E-state index in [4.69, 9.17) is 9.84 Å². The summed E-state index contributed by atoms with van der Waals surface area (Å²) in [7, 11) is 2.21. The summed E-state index contributed by atoms with van der Waals surface area (Å²) in [6.07, 6.45) is 2.67. The van der Waals surface area contributed by atoms with E-state index in [2.05, 4.69) is 40.9 Å². The first-order valence-electron chi connectivity index (χ1n) is 7.12. The molecule has 1 saturated heterocycles. The van der Waals surface area contributed by atoms with Gasteiger partial charge < -0.3 is 9.64 Å². The number of rotatable bonds is 1. The normalized spacial score (nSPS) is 27.8. The van der Waals surface area contributed by atoms with Crippen LogP contribution in [0.2, 0.25) is 0 Å². The first kappa shape index (κ1) is 11.4. The van der Waals surface area contributed by atoms with Crippen molar-refractivity contribution in [2.75, 3.05) is 20.2 Å². The van der Waals surface area contributed by atoms with Gasteiger partial charge in [-0.25, -0.2) is 0 Å². The summed E-state index contributed by atoms with van der Waals surface area (Å²) >= 11 is 0. The summed E-state index contributed by atoms with van der Waals surface area (Å²) in [4.78, 5) is 2.43. The van der Waals surface area contributed by atoms with Crippen LogP contribution in [-0.4, -0.2) is 40.9 Å². The van der Waals surface area contributed by atoms with Crippen LogP contribution in [0.4, 0.5) is 0 Å². The van der Waals surface area contributed by atoms with Crippen molar-refractivity contribution in [3.8, 4) is 0 Å². The molecule has 2 aliphatic heterocycles. The zero-order valence-corrected chi connectivity index (χ0v) is 11.2. The van der Waals surface area contributed by atoms with Crippen molar-refractivity contribution in [2.45, 2.75) is 31.5 Å². The summed E-state index contributed by atoms with van der Waals surface area (Å²) in [6, 6.07) is 8.91. The molecular weight excluding hydrogens is 238 g/mol. The minimum atomic E-state index is 0.175. The van der Waals surface area contributed by atoms with E-state index < -0.39 is 0 Å². The molecule has 2 aliphatic rings. The number of benzene rings is 1. The lowest BCUT2D eigenvalue weighted by Gasteiger charge is -2.32. The molecule has 3 heterocycles. The lowest BCUT2D eigenvalue weighted by Crippen LogP contribution is -2.37. The second-order valence-electron chi connectivity index (χ2n) is 5.61. The number of nitrogens with zero attached hydrogens (tertiary/aromatic N) is 3. The van der Waals surface area contributed by atoms with E-state index in [1.165, 1.54) is 30.5 Å². The van der Waals surface area contributed by atoms with Crippen molar-refractivity contribution >= 4 is 10.9 Å². The molecule has 2 aromatic rings. The van der Waals surface area contributed by atoms with Gasteiger partial charge in [-0.3, -0.25) is 4.68 Å². The fourth-order valence-electron chi connectivity index (χ4n) is 3.53. The molecule has 1 unspecified atom stereocenters. The van der Waals surface area contributed by atoms with Crippen LogP contribution in [0.1, 0.15) is 24.6 Å². The van der Waals surface area contributed by atoms with Crippen molar-refractivity contribution in [2.24, 2.45) is 0 Å². The third-order valence-electron chi connectivity index (χ3n) is 4.48. The summed E-state index contributed by atoms with van der Waals surface area (Å²) in [5, 5.41) is 5.98. The summed E-state index contributed by atoms with van der Waals surface area (Å²) < 4.78 is 8.28. The number of hydrogen-bond acceptors (Lipinski definition) is 3. The van der Waals surface area contributed by atoms with E-state index in [1.54, 1.807) is 0 Å². The molecule has 4 rings (SSSR count). The predicted octanol–water partition coefficient (Wildman–Crippen LogP) is 2.20. The molecule has 0 radical (unpaired) electrons. The minimum absolute atomic E-state index is 0.175. The van der Waals surface area contributed by atoms with Gasteiger partial charge in [0, 0.05) is 11.4 Å². The maximum absolute atomic E-state index is 6.12. The highest BCUT2D eigenvalue weighted by Crippen LogP contribution is 2.36. The molecular formula is C15H19N3O. The van der Waals surface area contributed by atoms with E-state index in [1.807, 2.05) is 0 Å². The standard InChI is InChI=1S/C15H19N3O/c1-17-8-4-7-13(17)15-14-11-5-2-3-6-12(11)16-18(14)9-10-19-15/h2-3,5-6,13,15H,4,7-10H2,1H3/t13-,15?/m0/s1. The fourth-order valence-corrected chi connectivity index (χ4v) is 3.53. The average Bonchev–Trinajstić information content (AvgIpc) is 3.01. The topological polar surface area (TPSA) is 30.3 Å². The molecule has 0 saturated carbocycles. The Kier molecular flexibility index (Phi) is 2.60. The van der Waals surface area contributed by atoms with Gasteiger partial charge in [-0.1, -0.05) is 18.2 Å². The molecule has 0 amide bonds. The van der Waals surface area contributed by atoms with Crippen LogP contribution in [-0.2, 0) is 11.3 Å². The molecule has 19 heavy (non-hydrogen) atoms. The monoisotopic (exact) mass is 257 g/mol. The number of likely N-dealkylation sites (N-methyl/N-ethyl adjacent to an activating group) is 1. The van der Waals surface area contributed by atoms with E-state index in [0.717, 1.165) is 18.7 Å². The second kappa shape index (κ2) is 4.32. The Balaban J connectivity index is 1.84. The lowest BCUT2D eigenvalue weighted by atomic mass is 10.0. The average molecular weight is 257 g/mol. The quantitative estimate of drug-likeness (QED) is 0.784. The summed E-state index contributed by atoms with van der Waals surface area (Å²) in [6.45, 7) is 2.82. The van der Waals surface area contributed by atoms with Crippen LogP contribution >= 0.6 is 0 Å². The van der Waals surface area contributed by atoms with Gasteiger partial charge in [0.05, 0.1) is 24.4 Å². The van der Waals surface area contributed by atoms with Gasteiger partial charge in [0.15, 0.2) is 0 Å². The van der Waals surface area contributed by atoms with Gasteiger partial charge >= 0.3 is 0 Å². The molecule has 0 N–H and O–H groups in total. The Hall–Kier alpha value is -1.39. The second-order valence-corrected chi connectivity index (χ2v) is 5.61. The third-order valence-corrected chi connectivity index (χ3v) is 4.48. The molecule has 1 aromatic carbocycles. The first-order chi connectivity index (χ1) is 9.34. The molecule has 100 valence electrons. The third kappa shape index (κ3) is 1.70. The van der Waals surface area contributed by atoms with Crippen molar-refractivity contribution in [1.82, 2.24) is 14.7 Å². The number of likely N-dealkylation sites (tertiary alicyclic amines) is 1. The maximum Gasteiger partial charge on any atom is 0.115 e. The molecule has 0 aliphatic carbocycles. The number of ether oxygens (including phenoxy) is 1. The molecule has 2 atom stereocenters. The minimum Gasteiger partial charge on any atom is -0.368 e. The van der Waals surface area contributed by atoms with Crippen molar-refractivity contribution < 1.29 is 4.74 Å². The zero-order valence-electron chi connectivity index (χ0n) is 11.2. The van der Waals surface area contributed by atoms with E-state index >= 15 is 0 Å². The van der Waals surface area contributed by atoms with Crippen LogP contribution in [0.25, 0.3) is 10.9 Å². The van der Waals surface area contributed by atoms with Crippen molar-refractivity contribution in [1.29, 1.82) is 0 Å². The predicted molar refractivity (Wildman–Crippen MR) is 74.1 cm³/mol. The van der Waals surface area contributed by atoms with E-state index in [-0.39, 0.29) is 6.10 Å². The van der Waals surface area contributed by atoms with Crippen molar-refractivity contribution in [3.63, 3.8) is 0 Å². The van der Waals surface area contributed by atoms with Crippen molar-refractivity contribution in [3.05, 3.63) is 30.0 Å². The Morgan fingerprint density at radius 3 is 3.00 bits per heavy atom. The largest absolute Gasteiger partial charge is 0.368 e. The van der Waals surface area contributed by atoms with Gasteiger partial charge in [0.2, 0.25) is 0 Å². The van der Waals surface area contributed by atoms with Gasteiger partial charge in [-0.15, -0.1) is 0 Å². The SMILES string of the molecule is CN1CCC[C@H]1C1OCCn2nc3ccccc3c21. The molecule has 1 aromatic heterocycles. The van der Waals surface area contributed by atoms with Gasteiger partial charge in [-0.05, 0) is 32.5 Å². The molecule has 4 nitrogen and oxygen atoms in total. The van der Waals surface area contributed by atoms with Crippen LogP contribution in [0.5, 0.6) is 0 Å². The Morgan fingerprint density at radius 2 is 2.16 bits per heavy atom. The van der Waals surface area contributed by atoms with E-state index in [0.29, 0.717) is 6.04 Å². The highest BCUT2D eigenvalue weighted by atomic mass is 16.5. The van der Waals surface area contributed by atoms with Gasteiger partial charge in [0.1, 0.15) is 6.10 Å². The zero-order chi connectivity index (χ0) is 12.8. The summed E-state index contributed by atoms with van der Waals surface area (Å²) in [5.41, 5.74) is 2.37. The van der Waals surface area contributed by atoms with Gasteiger partial charge in [0.25, 0.3) is 0 Å².